The van der Waals surface area contributed by atoms with E-state index in [1.807, 2.05) is 24.3 Å². The van der Waals surface area contributed by atoms with E-state index in [9.17, 15) is 10.1 Å². The molecule has 1 N–H and O–H groups in total. The van der Waals surface area contributed by atoms with Crippen LogP contribution < -0.4 is 5.32 Å². The van der Waals surface area contributed by atoms with E-state index in [2.05, 4.69) is 25.3 Å². The summed E-state index contributed by atoms with van der Waals surface area (Å²) in [6.45, 7) is 0. The average molecular weight is 333 g/mol. The summed E-state index contributed by atoms with van der Waals surface area (Å²) in [6.07, 6.45) is 5.95. The van der Waals surface area contributed by atoms with Crippen LogP contribution in [0, 0.1) is 10.1 Å². The molecule has 4 aromatic rings. The third-order valence-electron chi connectivity index (χ3n) is 3.59. The molecule has 1 aromatic carbocycles. The lowest BCUT2D eigenvalue weighted by molar-refractivity contribution is -0.384. The number of aromatic nitrogens is 5. The molecule has 0 saturated carbocycles. The van der Waals surface area contributed by atoms with Crippen molar-refractivity contribution >= 4 is 28.2 Å². The topological polar surface area (TPSA) is 112 Å². The highest BCUT2D eigenvalue weighted by molar-refractivity contribution is 5.79. The number of imidazole rings is 1. The normalized spacial score (nSPS) is 10.7. The summed E-state index contributed by atoms with van der Waals surface area (Å²) in [6, 6.07) is 10.8. The number of hydrogen-bond donors (Lipinski definition) is 1. The Morgan fingerprint density at radius 2 is 1.96 bits per heavy atom. The molecule has 0 unspecified atom stereocenters. The molecular formula is C16H11N7O2. The van der Waals surface area contributed by atoms with Gasteiger partial charge in [-0.2, -0.15) is 0 Å². The van der Waals surface area contributed by atoms with Crippen LogP contribution in [0.5, 0.6) is 0 Å². The molecule has 3 heterocycles. The van der Waals surface area contributed by atoms with Crippen LogP contribution in [0.2, 0.25) is 0 Å². The van der Waals surface area contributed by atoms with E-state index < -0.39 is 4.92 Å². The predicted molar refractivity (Wildman–Crippen MR) is 90.8 cm³/mol. The number of pyridine rings is 1. The summed E-state index contributed by atoms with van der Waals surface area (Å²) >= 11 is 0. The zero-order valence-corrected chi connectivity index (χ0v) is 12.8. The minimum atomic E-state index is -0.511. The minimum absolute atomic E-state index is 0.0841. The smallest absolute Gasteiger partial charge is 0.333 e. The molecule has 0 spiro atoms. The van der Waals surface area contributed by atoms with E-state index in [1.54, 1.807) is 29.1 Å². The molecule has 0 saturated heterocycles. The van der Waals surface area contributed by atoms with Gasteiger partial charge in [-0.1, -0.05) is 12.1 Å². The van der Waals surface area contributed by atoms with E-state index in [0.29, 0.717) is 5.69 Å². The first-order valence-corrected chi connectivity index (χ1v) is 7.33. The monoisotopic (exact) mass is 333 g/mol. The molecule has 0 bridgehead atoms. The van der Waals surface area contributed by atoms with Crippen LogP contribution in [0.1, 0.15) is 0 Å². The van der Waals surface area contributed by atoms with Crippen molar-refractivity contribution in [1.29, 1.82) is 0 Å². The molecule has 0 aliphatic carbocycles. The lowest BCUT2D eigenvalue weighted by Crippen LogP contribution is -2.07. The average Bonchev–Trinajstić information content (AvgIpc) is 3.06. The Labute approximate surface area is 141 Å². The summed E-state index contributed by atoms with van der Waals surface area (Å²) in [4.78, 5) is 27.6. The van der Waals surface area contributed by atoms with Crippen molar-refractivity contribution in [3.8, 4) is 5.82 Å². The maximum Gasteiger partial charge on any atom is 0.354 e. The minimum Gasteiger partial charge on any atom is -0.333 e. The van der Waals surface area contributed by atoms with Crippen molar-refractivity contribution in [3.05, 3.63) is 71.6 Å². The second kappa shape index (κ2) is 5.96. The van der Waals surface area contributed by atoms with Gasteiger partial charge in [0.05, 0.1) is 27.8 Å². The van der Waals surface area contributed by atoms with Crippen molar-refractivity contribution in [1.82, 2.24) is 24.5 Å². The largest absolute Gasteiger partial charge is 0.354 e. The van der Waals surface area contributed by atoms with Gasteiger partial charge >= 0.3 is 5.69 Å². The molecule has 9 heteroatoms. The first kappa shape index (κ1) is 14.7. The molecule has 122 valence electrons. The second-order valence-corrected chi connectivity index (χ2v) is 5.12. The molecule has 4 rings (SSSR count). The number of rotatable bonds is 4. The zero-order chi connectivity index (χ0) is 17.2. The maximum absolute atomic E-state index is 11.7. The van der Waals surface area contributed by atoms with Crippen LogP contribution in [-0.4, -0.2) is 29.4 Å². The van der Waals surface area contributed by atoms with Crippen LogP contribution in [0.4, 0.5) is 17.2 Å². The van der Waals surface area contributed by atoms with Gasteiger partial charge in [-0.3, -0.25) is 19.7 Å². The van der Waals surface area contributed by atoms with Crippen LogP contribution in [0.3, 0.4) is 0 Å². The number of hydrogen-bond acceptors (Lipinski definition) is 7. The van der Waals surface area contributed by atoms with Gasteiger partial charge in [0.25, 0.3) is 0 Å². The first-order chi connectivity index (χ1) is 12.2. The highest BCUT2D eigenvalue weighted by Gasteiger charge is 2.25. The van der Waals surface area contributed by atoms with Gasteiger partial charge in [0.2, 0.25) is 11.6 Å². The number of fused-ring (bicyclic) bond motifs is 1. The SMILES string of the molecule is O=[N+]([O-])c1c(Nc2cccnc2)ncnc1-n1cnc2ccccc21. The number of nitrogens with zero attached hydrogens (tertiary/aromatic N) is 6. The summed E-state index contributed by atoms with van der Waals surface area (Å²) in [5.74, 6) is 0.223. The molecule has 0 fully saturated rings. The van der Waals surface area contributed by atoms with Crippen LogP contribution in [0.15, 0.2) is 61.4 Å². The predicted octanol–water partition coefficient (Wildman–Crippen LogP) is 2.86. The molecule has 9 nitrogen and oxygen atoms in total. The molecule has 25 heavy (non-hydrogen) atoms. The van der Waals surface area contributed by atoms with E-state index in [4.69, 9.17) is 0 Å². The highest BCUT2D eigenvalue weighted by atomic mass is 16.6. The van der Waals surface area contributed by atoms with Gasteiger partial charge in [-0.25, -0.2) is 15.0 Å². The second-order valence-electron chi connectivity index (χ2n) is 5.12. The van der Waals surface area contributed by atoms with Crippen LogP contribution in [0.25, 0.3) is 16.9 Å². The number of nitrogens with one attached hydrogen (secondary N) is 1. The van der Waals surface area contributed by atoms with E-state index in [1.165, 1.54) is 12.7 Å². The molecule has 0 atom stereocenters. The summed E-state index contributed by atoms with van der Waals surface area (Å²) in [5, 5.41) is 14.6. The lowest BCUT2D eigenvalue weighted by atomic mass is 10.3. The van der Waals surface area contributed by atoms with Gasteiger partial charge in [0.15, 0.2) is 0 Å². The summed E-state index contributed by atoms with van der Waals surface area (Å²) < 4.78 is 1.57. The Bertz CT molecular complexity index is 1060. The first-order valence-electron chi connectivity index (χ1n) is 7.33. The van der Waals surface area contributed by atoms with Gasteiger partial charge < -0.3 is 5.32 Å². The van der Waals surface area contributed by atoms with Crippen molar-refractivity contribution in [2.45, 2.75) is 0 Å². The number of benzene rings is 1. The van der Waals surface area contributed by atoms with E-state index in [0.717, 1.165) is 11.0 Å². The highest BCUT2D eigenvalue weighted by Crippen LogP contribution is 2.31. The Morgan fingerprint density at radius 1 is 1.08 bits per heavy atom. The fourth-order valence-electron chi connectivity index (χ4n) is 2.51. The molecule has 0 aliphatic rings. The van der Waals surface area contributed by atoms with Gasteiger partial charge in [-0.15, -0.1) is 0 Å². The molecule has 0 aliphatic heterocycles. The van der Waals surface area contributed by atoms with E-state index in [-0.39, 0.29) is 17.3 Å². The number of anilines is 2. The lowest BCUT2D eigenvalue weighted by Gasteiger charge is -2.09. The third kappa shape index (κ3) is 2.63. The molecule has 0 radical (unpaired) electrons. The Hall–Kier alpha value is -3.88. The summed E-state index contributed by atoms with van der Waals surface area (Å²) in [5.41, 5.74) is 1.79. The van der Waals surface area contributed by atoms with Crippen LogP contribution in [-0.2, 0) is 0 Å². The quantitative estimate of drug-likeness (QED) is 0.451. The maximum atomic E-state index is 11.7. The van der Waals surface area contributed by atoms with Gasteiger partial charge in [-0.05, 0) is 24.3 Å². The number of para-hydroxylation sites is 2. The van der Waals surface area contributed by atoms with Crippen molar-refractivity contribution in [2.24, 2.45) is 0 Å². The Balaban J connectivity index is 1.89. The van der Waals surface area contributed by atoms with Crippen molar-refractivity contribution < 1.29 is 4.92 Å². The molecule has 3 aromatic heterocycles. The van der Waals surface area contributed by atoms with Gasteiger partial charge in [0, 0.05) is 6.20 Å². The van der Waals surface area contributed by atoms with Crippen LogP contribution >= 0.6 is 0 Å². The molecule has 0 amide bonds. The molecular weight excluding hydrogens is 322 g/mol. The number of nitro groups is 1. The van der Waals surface area contributed by atoms with Crippen molar-refractivity contribution in [3.63, 3.8) is 0 Å². The zero-order valence-electron chi connectivity index (χ0n) is 12.8. The van der Waals surface area contributed by atoms with Crippen molar-refractivity contribution in [2.75, 3.05) is 5.32 Å². The fraction of sp³-hybridized carbons (Fsp3) is 0. The summed E-state index contributed by atoms with van der Waals surface area (Å²) in [7, 11) is 0. The fourth-order valence-corrected chi connectivity index (χ4v) is 2.51. The third-order valence-corrected chi connectivity index (χ3v) is 3.59. The van der Waals surface area contributed by atoms with Gasteiger partial charge in [0.1, 0.15) is 12.7 Å². The Morgan fingerprint density at radius 3 is 2.76 bits per heavy atom. The van der Waals surface area contributed by atoms with E-state index >= 15 is 0 Å². The standard InChI is InChI=1S/C16H11N7O2/c24-23(25)14-15(21-11-4-3-7-17-8-11)18-9-19-16(14)22-10-20-12-5-1-2-6-13(12)22/h1-10H,(H,18,19,21). The Kier molecular flexibility index (Phi) is 3.51.